The molecule has 0 spiro atoms. The van der Waals surface area contributed by atoms with Gasteiger partial charge in [-0.15, -0.1) is 0 Å². The summed E-state index contributed by atoms with van der Waals surface area (Å²) in [5.41, 5.74) is 4.45. The van der Waals surface area contributed by atoms with Crippen molar-refractivity contribution in [2.75, 3.05) is 5.32 Å². The summed E-state index contributed by atoms with van der Waals surface area (Å²) in [6.07, 6.45) is 0. The lowest BCUT2D eigenvalue weighted by Crippen LogP contribution is -2.15. The van der Waals surface area contributed by atoms with Crippen molar-refractivity contribution >= 4 is 17.3 Å². The highest BCUT2D eigenvalue weighted by atomic mass is 16.4. The number of amides is 1. The first-order chi connectivity index (χ1) is 10.0. The van der Waals surface area contributed by atoms with Crippen molar-refractivity contribution in [3.05, 3.63) is 64.7 Å². The Bertz CT molecular complexity index is 706. The van der Waals surface area contributed by atoms with Crippen molar-refractivity contribution in [3.8, 4) is 0 Å². The van der Waals surface area contributed by atoms with E-state index in [1.165, 1.54) is 0 Å². The maximum absolute atomic E-state index is 12.4. The number of hydrogen-bond donors (Lipinski definition) is 2. The average Bonchev–Trinajstić information content (AvgIpc) is 2.46. The molecule has 0 bridgehead atoms. The van der Waals surface area contributed by atoms with Crippen LogP contribution in [0.1, 0.15) is 34.0 Å². The summed E-state index contributed by atoms with van der Waals surface area (Å²) in [6, 6.07) is 12.9. The third-order valence-electron chi connectivity index (χ3n) is 3.34. The van der Waals surface area contributed by atoms with Crippen LogP contribution in [0.25, 0.3) is 0 Å². The average molecular weight is 282 g/mol. The van der Waals surface area contributed by atoms with Crippen LogP contribution in [0.15, 0.2) is 47.6 Å². The first kappa shape index (κ1) is 14.8. The molecule has 1 amide bonds. The molecular weight excluding hydrogens is 264 g/mol. The number of anilines is 1. The van der Waals surface area contributed by atoms with Crippen molar-refractivity contribution in [2.24, 2.45) is 5.16 Å². The molecule has 2 N–H and O–H groups in total. The minimum atomic E-state index is -0.175. The van der Waals surface area contributed by atoms with Gasteiger partial charge in [-0.25, -0.2) is 0 Å². The number of rotatable bonds is 3. The molecule has 4 heteroatoms. The molecule has 0 radical (unpaired) electrons. The molecule has 0 fully saturated rings. The fourth-order valence-corrected chi connectivity index (χ4v) is 2.22. The highest BCUT2D eigenvalue weighted by molar-refractivity contribution is 6.10. The molecule has 0 aliphatic carbocycles. The summed E-state index contributed by atoms with van der Waals surface area (Å²) in [4.78, 5) is 12.4. The summed E-state index contributed by atoms with van der Waals surface area (Å²) in [6.45, 7) is 5.58. The second kappa shape index (κ2) is 6.22. The van der Waals surface area contributed by atoms with Gasteiger partial charge in [0.1, 0.15) is 0 Å². The van der Waals surface area contributed by atoms with E-state index in [1.54, 1.807) is 19.1 Å². The van der Waals surface area contributed by atoms with Gasteiger partial charge in [-0.1, -0.05) is 41.1 Å². The molecule has 0 heterocycles. The number of nitrogens with zero attached hydrogens (tertiary/aromatic N) is 1. The van der Waals surface area contributed by atoms with Gasteiger partial charge in [-0.2, -0.15) is 0 Å². The van der Waals surface area contributed by atoms with Crippen molar-refractivity contribution in [3.63, 3.8) is 0 Å². The molecule has 0 aliphatic rings. The zero-order valence-corrected chi connectivity index (χ0v) is 12.3. The minimum absolute atomic E-state index is 0.175. The van der Waals surface area contributed by atoms with Crippen molar-refractivity contribution in [1.82, 2.24) is 0 Å². The van der Waals surface area contributed by atoms with Crippen LogP contribution >= 0.6 is 0 Å². The van der Waals surface area contributed by atoms with Crippen LogP contribution in [0.2, 0.25) is 0 Å². The molecule has 108 valence electrons. The van der Waals surface area contributed by atoms with Crippen LogP contribution in [0, 0.1) is 13.8 Å². The number of oxime groups is 1. The highest BCUT2D eigenvalue weighted by Crippen LogP contribution is 2.18. The Kier molecular flexibility index (Phi) is 4.38. The smallest absolute Gasteiger partial charge is 0.255 e. The van der Waals surface area contributed by atoms with Crippen LogP contribution in [0.3, 0.4) is 0 Å². The lowest BCUT2D eigenvalue weighted by atomic mass is 10.0. The molecule has 2 aromatic carbocycles. The van der Waals surface area contributed by atoms with Crippen LogP contribution in [-0.2, 0) is 0 Å². The number of para-hydroxylation sites is 1. The molecule has 2 aromatic rings. The Morgan fingerprint density at radius 1 is 1.10 bits per heavy atom. The van der Waals surface area contributed by atoms with E-state index < -0.39 is 0 Å². The minimum Gasteiger partial charge on any atom is -0.411 e. The van der Waals surface area contributed by atoms with E-state index in [2.05, 4.69) is 10.5 Å². The first-order valence-electron chi connectivity index (χ1n) is 6.69. The Balaban J connectivity index is 2.32. The maximum atomic E-state index is 12.4. The fourth-order valence-electron chi connectivity index (χ4n) is 2.22. The normalized spacial score (nSPS) is 11.3. The Labute approximate surface area is 124 Å². The second-order valence-electron chi connectivity index (χ2n) is 5.00. The lowest BCUT2D eigenvalue weighted by molar-refractivity contribution is 0.102. The summed E-state index contributed by atoms with van der Waals surface area (Å²) in [5.74, 6) is -0.175. The topological polar surface area (TPSA) is 61.7 Å². The van der Waals surface area contributed by atoms with E-state index in [4.69, 9.17) is 5.21 Å². The quantitative estimate of drug-likeness (QED) is 0.511. The summed E-state index contributed by atoms with van der Waals surface area (Å²) >= 11 is 0. The molecule has 0 saturated heterocycles. The van der Waals surface area contributed by atoms with Crippen molar-refractivity contribution in [2.45, 2.75) is 20.8 Å². The van der Waals surface area contributed by atoms with Gasteiger partial charge in [0.2, 0.25) is 0 Å². The van der Waals surface area contributed by atoms with E-state index in [0.717, 1.165) is 11.1 Å². The number of aryl methyl sites for hydroxylation is 2. The lowest BCUT2D eigenvalue weighted by Gasteiger charge is -2.11. The number of nitrogens with one attached hydrogen (secondary N) is 1. The molecule has 4 nitrogen and oxygen atoms in total. The number of carbonyl (C=O) groups excluding carboxylic acids is 1. The molecule has 2 rings (SSSR count). The predicted molar refractivity (Wildman–Crippen MR) is 84.3 cm³/mol. The van der Waals surface area contributed by atoms with Gasteiger partial charge in [0.15, 0.2) is 0 Å². The predicted octanol–water partition coefficient (Wildman–Crippen LogP) is 3.75. The first-order valence-corrected chi connectivity index (χ1v) is 6.69. The number of carbonyl (C=O) groups is 1. The Morgan fingerprint density at radius 3 is 2.48 bits per heavy atom. The zero-order chi connectivity index (χ0) is 15.4. The summed E-state index contributed by atoms with van der Waals surface area (Å²) < 4.78 is 0. The van der Waals surface area contributed by atoms with E-state index in [-0.39, 0.29) is 5.91 Å². The summed E-state index contributed by atoms with van der Waals surface area (Å²) in [5, 5.41) is 15.0. The van der Waals surface area contributed by atoms with E-state index in [9.17, 15) is 4.79 Å². The van der Waals surface area contributed by atoms with Gasteiger partial charge in [-0.05, 0) is 38.5 Å². The van der Waals surface area contributed by atoms with Gasteiger partial charge in [0, 0.05) is 11.1 Å². The molecule has 0 saturated carbocycles. The van der Waals surface area contributed by atoms with Crippen molar-refractivity contribution in [1.29, 1.82) is 0 Å². The number of benzene rings is 2. The Morgan fingerprint density at radius 2 is 1.81 bits per heavy atom. The Hall–Kier alpha value is -2.62. The molecule has 0 aliphatic heterocycles. The third kappa shape index (κ3) is 3.28. The van der Waals surface area contributed by atoms with Gasteiger partial charge >= 0.3 is 0 Å². The summed E-state index contributed by atoms with van der Waals surface area (Å²) in [7, 11) is 0. The molecular formula is C17H18N2O2. The van der Waals surface area contributed by atoms with Gasteiger partial charge in [-0.3, -0.25) is 4.79 Å². The highest BCUT2D eigenvalue weighted by Gasteiger charge is 2.12. The molecule has 0 unspecified atom stereocenters. The fraction of sp³-hybridized carbons (Fsp3) is 0.176. The molecule has 21 heavy (non-hydrogen) atoms. The second-order valence-corrected chi connectivity index (χ2v) is 5.00. The largest absolute Gasteiger partial charge is 0.411 e. The van der Waals surface area contributed by atoms with Crippen LogP contribution in [0.5, 0.6) is 0 Å². The molecule has 0 aromatic heterocycles. The molecule has 0 atom stereocenters. The maximum Gasteiger partial charge on any atom is 0.255 e. The van der Waals surface area contributed by atoms with E-state index >= 15 is 0 Å². The van der Waals surface area contributed by atoms with Crippen molar-refractivity contribution < 1.29 is 10.0 Å². The van der Waals surface area contributed by atoms with Gasteiger partial charge in [0.25, 0.3) is 5.91 Å². The van der Waals surface area contributed by atoms with Gasteiger partial charge in [0.05, 0.1) is 11.4 Å². The van der Waals surface area contributed by atoms with Crippen LogP contribution in [0.4, 0.5) is 5.69 Å². The van der Waals surface area contributed by atoms with Crippen LogP contribution in [-0.4, -0.2) is 16.8 Å². The SMILES string of the molecule is C/C(=N\O)c1ccccc1NC(=O)c1ccc(C)cc1C. The zero-order valence-electron chi connectivity index (χ0n) is 12.3. The van der Waals surface area contributed by atoms with E-state index in [1.807, 2.05) is 44.2 Å². The third-order valence-corrected chi connectivity index (χ3v) is 3.34. The number of hydrogen-bond acceptors (Lipinski definition) is 3. The van der Waals surface area contributed by atoms with Gasteiger partial charge < -0.3 is 10.5 Å². The van der Waals surface area contributed by atoms with E-state index in [0.29, 0.717) is 22.5 Å². The van der Waals surface area contributed by atoms with Crippen LogP contribution < -0.4 is 5.32 Å². The monoisotopic (exact) mass is 282 g/mol. The standard InChI is InChI=1S/C17H18N2O2/c1-11-8-9-14(12(2)10-11)17(20)18-16-7-5-4-6-15(16)13(3)19-21/h4-10,21H,1-3H3,(H,18,20)/b19-13+.